The first-order valence-corrected chi connectivity index (χ1v) is 14.3. The van der Waals surface area contributed by atoms with Gasteiger partial charge in [-0.05, 0) is 74.1 Å². The molecule has 200 valence electrons. The van der Waals surface area contributed by atoms with Gasteiger partial charge in [-0.3, -0.25) is 9.69 Å². The Hall–Kier alpha value is -1.39. The van der Waals surface area contributed by atoms with Gasteiger partial charge in [0.1, 0.15) is 0 Å². The number of carbonyl (C=O) groups excluding carboxylic acids is 1. The molecule has 1 saturated heterocycles. The van der Waals surface area contributed by atoms with Gasteiger partial charge in [0, 0.05) is 32.1 Å². The fraction of sp³-hybridized carbons (Fsp3) is 0.774. The summed E-state index contributed by atoms with van der Waals surface area (Å²) in [5.74, 6) is 1.58. The highest BCUT2D eigenvalue weighted by Crippen LogP contribution is 2.36. The molecule has 2 rings (SSSR count). The van der Waals surface area contributed by atoms with Crippen molar-refractivity contribution in [1.29, 1.82) is 0 Å². The molecule has 1 fully saturated rings. The van der Waals surface area contributed by atoms with Crippen molar-refractivity contribution in [2.24, 2.45) is 5.92 Å². The number of nitrogens with zero attached hydrogens (tertiary/aromatic N) is 3. The van der Waals surface area contributed by atoms with E-state index in [1.54, 1.807) is 0 Å². The van der Waals surface area contributed by atoms with E-state index in [-0.39, 0.29) is 0 Å². The lowest BCUT2D eigenvalue weighted by molar-refractivity contribution is -0.870. The highest BCUT2D eigenvalue weighted by Gasteiger charge is 2.35. The van der Waals surface area contributed by atoms with Gasteiger partial charge in [0.2, 0.25) is 5.91 Å². The first-order chi connectivity index (χ1) is 16.4. The summed E-state index contributed by atoms with van der Waals surface area (Å²) in [6.45, 7) is 18.1. The standard InChI is InChI=1S/C31H56N3O/c1-10-12-15-32(16-13-17-34(7,8)9)31(35)23-33-22-29(21-30(33)18-24(3)14-11-2)28-19-25(4)27(6)26(5)20-28/h19-20,24,29-30H,10-18,21-23H2,1-9H3/q+1/t24-,29?,30+/m1/s1. The Labute approximate surface area is 217 Å². The summed E-state index contributed by atoms with van der Waals surface area (Å²) < 4.78 is 0.955. The fourth-order valence-corrected chi connectivity index (χ4v) is 5.76. The van der Waals surface area contributed by atoms with Crippen LogP contribution in [0.4, 0.5) is 0 Å². The van der Waals surface area contributed by atoms with Crippen LogP contribution in [0.5, 0.6) is 0 Å². The average Bonchev–Trinajstić information content (AvgIpc) is 3.15. The second-order valence-electron chi connectivity index (χ2n) is 12.5. The van der Waals surface area contributed by atoms with Crippen molar-refractivity contribution in [1.82, 2.24) is 9.80 Å². The molecule has 0 saturated carbocycles. The highest BCUT2D eigenvalue weighted by molar-refractivity contribution is 5.78. The molecular weight excluding hydrogens is 430 g/mol. The number of quaternary nitrogens is 1. The molecular formula is C31H56N3O+. The van der Waals surface area contributed by atoms with Gasteiger partial charge in [-0.1, -0.05) is 52.2 Å². The van der Waals surface area contributed by atoms with Gasteiger partial charge in [-0.2, -0.15) is 0 Å². The molecule has 1 aliphatic rings. The third-order valence-corrected chi connectivity index (χ3v) is 8.13. The molecule has 0 radical (unpaired) electrons. The average molecular weight is 487 g/mol. The Balaban J connectivity index is 2.16. The van der Waals surface area contributed by atoms with Crippen LogP contribution >= 0.6 is 0 Å². The Morgan fingerprint density at radius 3 is 2.26 bits per heavy atom. The van der Waals surface area contributed by atoms with Gasteiger partial charge in [0.25, 0.3) is 0 Å². The predicted octanol–water partition coefficient (Wildman–Crippen LogP) is 6.32. The van der Waals surface area contributed by atoms with E-state index in [4.69, 9.17) is 0 Å². The Kier molecular flexibility index (Phi) is 11.8. The van der Waals surface area contributed by atoms with E-state index in [0.29, 0.717) is 30.3 Å². The number of benzene rings is 1. The van der Waals surface area contributed by atoms with Crippen molar-refractivity contribution >= 4 is 5.91 Å². The van der Waals surface area contributed by atoms with Crippen LogP contribution in [0.25, 0.3) is 0 Å². The van der Waals surface area contributed by atoms with Crippen molar-refractivity contribution in [3.05, 3.63) is 34.4 Å². The van der Waals surface area contributed by atoms with Gasteiger partial charge < -0.3 is 9.38 Å². The van der Waals surface area contributed by atoms with Crippen LogP contribution in [-0.2, 0) is 4.79 Å². The number of likely N-dealkylation sites (tertiary alicyclic amines) is 1. The van der Waals surface area contributed by atoms with Crippen LogP contribution in [0.15, 0.2) is 12.1 Å². The summed E-state index contributed by atoms with van der Waals surface area (Å²) in [6, 6.07) is 5.32. The molecule has 0 aliphatic carbocycles. The molecule has 35 heavy (non-hydrogen) atoms. The molecule has 1 aromatic carbocycles. The Morgan fingerprint density at radius 1 is 1.06 bits per heavy atom. The van der Waals surface area contributed by atoms with Crippen molar-refractivity contribution in [3.8, 4) is 0 Å². The zero-order valence-electron chi connectivity index (χ0n) is 24.6. The lowest BCUT2D eigenvalue weighted by Gasteiger charge is -2.31. The van der Waals surface area contributed by atoms with Gasteiger partial charge in [-0.25, -0.2) is 0 Å². The van der Waals surface area contributed by atoms with Crippen LogP contribution in [0.3, 0.4) is 0 Å². The third-order valence-electron chi connectivity index (χ3n) is 8.13. The molecule has 1 aliphatic heterocycles. The maximum absolute atomic E-state index is 13.6. The quantitative estimate of drug-likeness (QED) is 0.287. The second kappa shape index (κ2) is 13.8. The summed E-state index contributed by atoms with van der Waals surface area (Å²) in [5.41, 5.74) is 5.67. The van der Waals surface area contributed by atoms with Crippen LogP contribution in [0.1, 0.15) is 93.9 Å². The summed E-state index contributed by atoms with van der Waals surface area (Å²) in [4.78, 5) is 18.3. The largest absolute Gasteiger partial charge is 0.341 e. The van der Waals surface area contributed by atoms with Crippen molar-refractivity contribution in [2.45, 2.75) is 98.4 Å². The number of unbranched alkanes of at least 4 members (excludes halogenated alkanes) is 1. The lowest BCUT2D eigenvalue weighted by atomic mass is 9.89. The van der Waals surface area contributed by atoms with Crippen LogP contribution in [0, 0.1) is 26.7 Å². The van der Waals surface area contributed by atoms with Crippen molar-refractivity contribution < 1.29 is 9.28 Å². The van der Waals surface area contributed by atoms with Gasteiger partial charge in [-0.15, -0.1) is 0 Å². The molecule has 1 unspecified atom stereocenters. The topological polar surface area (TPSA) is 23.6 Å². The van der Waals surface area contributed by atoms with Crippen LogP contribution < -0.4 is 0 Å². The maximum atomic E-state index is 13.6. The van der Waals surface area contributed by atoms with E-state index in [0.717, 1.165) is 49.9 Å². The van der Waals surface area contributed by atoms with E-state index in [1.807, 2.05) is 0 Å². The molecule has 0 N–H and O–H groups in total. The van der Waals surface area contributed by atoms with E-state index >= 15 is 0 Å². The monoisotopic (exact) mass is 486 g/mol. The molecule has 0 aromatic heterocycles. The van der Waals surface area contributed by atoms with Crippen molar-refractivity contribution in [2.75, 3.05) is 53.9 Å². The first-order valence-electron chi connectivity index (χ1n) is 14.3. The smallest absolute Gasteiger partial charge is 0.236 e. The van der Waals surface area contributed by atoms with E-state index < -0.39 is 0 Å². The maximum Gasteiger partial charge on any atom is 0.236 e. The molecule has 0 spiro atoms. The lowest BCUT2D eigenvalue weighted by Crippen LogP contribution is -2.44. The zero-order valence-corrected chi connectivity index (χ0v) is 24.6. The predicted molar refractivity (Wildman–Crippen MR) is 151 cm³/mol. The number of amides is 1. The number of hydrogen-bond acceptors (Lipinski definition) is 2. The SMILES string of the molecule is CCCCN(CCC[N+](C)(C)C)C(=O)CN1CC(c2cc(C)c(C)c(C)c2)C[C@@H]1C[C@H](C)CCC. The van der Waals surface area contributed by atoms with Crippen LogP contribution in [-0.4, -0.2) is 80.1 Å². The summed E-state index contributed by atoms with van der Waals surface area (Å²) in [5, 5.41) is 0. The number of rotatable bonds is 14. The summed E-state index contributed by atoms with van der Waals surface area (Å²) in [7, 11) is 6.71. The second-order valence-corrected chi connectivity index (χ2v) is 12.5. The molecule has 4 heteroatoms. The molecule has 1 heterocycles. The Morgan fingerprint density at radius 2 is 1.69 bits per heavy atom. The summed E-state index contributed by atoms with van der Waals surface area (Å²) >= 11 is 0. The van der Waals surface area contributed by atoms with E-state index in [2.05, 4.69) is 84.6 Å². The highest BCUT2D eigenvalue weighted by atomic mass is 16.2. The van der Waals surface area contributed by atoms with Crippen LogP contribution in [0.2, 0.25) is 0 Å². The number of carbonyl (C=O) groups is 1. The molecule has 0 bridgehead atoms. The number of aryl methyl sites for hydroxylation is 2. The molecule has 4 nitrogen and oxygen atoms in total. The fourth-order valence-electron chi connectivity index (χ4n) is 5.76. The first kappa shape index (κ1) is 29.8. The van der Waals surface area contributed by atoms with Gasteiger partial charge in [0.15, 0.2) is 0 Å². The zero-order chi connectivity index (χ0) is 26.2. The minimum absolute atomic E-state index is 0.338. The normalized spacial score (nSPS) is 19.8. The van der Waals surface area contributed by atoms with E-state index in [9.17, 15) is 4.79 Å². The van der Waals surface area contributed by atoms with Gasteiger partial charge in [0.05, 0.1) is 34.2 Å². The summed E-state index contributed by atoms with van der Waals surface area (Å²) in [6.07, 6.45) is 8.20. The van der Waals surface area contributed by atoms with E-state index in [1.165, 1.54) is 47.9 Å². The minimum atomic E-state index is 0.338. The van der Waals surface area contributed by atoms with Crippen molar-refractivity contribution in [3.63, 3.8) is 0 Å². The molecule has 1 aromatic rings. The molecule has 3 atom stereocenters. The number of hydrogen-bond donors (Lipinski definition) is 0. The van der Waals surface area contributed by atoms with Gasteiger partial charge >= 0.3 is 0 Å². The third kappa shape index (κ3) is 9.53. The molecule has 1 amide bonds. The Bertz CT molecular complexity index is 774. The minimum Gasteiger partial charge on any atom is -0.341 e.